The number of hydrogen-bond acceptors (Lipinski definition) is 6. The van der Waals surface area contributed by atoms with Crippen molar-refractivity contribution in [2.75, 3.05) is 35.5 Å². The highest BCUT2D eigenvalue weighted by atomic mass is 16.7. The van der Waals surface area contributed by atoms with Crippen LogP contribution in [0, 0.1) is 0 Å². The first kappa shape index (κ1) is 17.6. The van der Waals surface area contributed by atoms with Gasteiger partial charge in [-0.15, -0.1) is 0 Å². The Bertz CT molecular complexity index is 786. The molecule has 0 amide bonds. The maximum atomic E-state index is 5.95. The molecule has 6 heteroatoms. The first-order valence-corrected chi connectivity index (χ1v) is 8.10. The van der Waals surface area contributed by atoms with E-state index in [9.17, 15) is 0 Å². The van der Waals surface area contributed by atoms with Crippen LogP contribution in [0.1, 0.15) is 24.3 Å². The molecule has 0 unspecified atom stereocenters. The Balaban J connectivity index is 2.48. The Kier molecular flexibility index (Phi) is 4.92. The lowest BCUT2D eigenvalue weighted by Crippen LogP contribution is -2.26. The van der Waals surface area contributed by atoms with Gasteiger partial charge in [0.25, 0.3) is 0 Å². The average molecular weight is 348 g/mol. The molecule has 0 aliphatic carbocycles. The molecule has 0 N–H and O–H groups in total. The minimum atomic E-state index is -0.529. The summed E-state index contributed by atoms with van der Waals surface area (Å²) < 4.78 is 34.1. The van der Waals surface area contributed by atoms with Crippen molar-refractivity contribution in [2.45, 2.75) is 25.7 Å². The second kappa shape index (κ2) is 6.98. The van der Waals surface area contributed by atoms with Gasteiger partial charge in [0.05, 0.1) is 45.5 Å². The van der Waals surface area contributed by atoms with Crippen LogP contribution >= 0.6 is 0 Å². The van der Waals surface area contributed by atoms with Crippen molar-refractivity contribution in [1.82, 2.24) is 0 Å². The van der Waals surface area contributed by atoms with E-state index in [2.05, 4.69) is 0 Å². The number of hydrogen-bond donors (Lipinski definition) is 0. The molecule has 1 heterocycles. The molecule has 0 fully saturated rings. The zero-order valence-corrected chi connectivity index (χ0v) is 15.5. The number of rotatable bonds is 5. The van der Waals surface area contributed by atoms with E-state index in [1.807, 2.05) is 19.1 Å². The van der Waals surface area contributed by atoms with Gasteiger partial charge in [0.15, 0.2) is 6.29 Å². The van der Waals surface area contributed by atoms with Crippen LogP contribution in [0.5, 0.6) is 23.0 Å². The second-order valence-electron chi connectivity index (χ2n) is 5.93. The molecule has 25 heavy (non-hydrogen) atoms. The molecule has 0 radical (unpaired) electrons. The maximum absolute atomic E-state index is 5.95. The zero-order valence-electron chi connectivity index (χ0n) is 15.5. The summed E-state index contributed by atoms with van der Waals surface area (Å²) in [4.78, 5) is 0. The van der Waals surface area contributed by atoms with Crippen molar-refractivity contribution in [2.24, 2.45) is 0 Å². The number of methoxy groups -OCH3 is 5. The molecular formula is C19H24O6. The van der Waals surface area contributed by atoms with Gasteiger partial charge in [0, 0.05) is 30.5 Å². The van der Waals surface area contributed by atoms with Crippen molar-refractivity contribution in [3.63, 3.8) is 0 Å². The third-order valence-electron chi connectivity index (χ3n) is 4.55. The largest absolute Gasteiger partial charge is 0.497 e. The smallest absolute Gasteiger partial charge is 0.187 e. The molecule has 0 bridgehead atoms. The molecule has 2 aromatic carbocycles. The van der Waals surface area contributed by atoms with Gasteiger partial charge in [0.2, 0.25) is 0 Å². The van der Waals surface area contributed by atoms with E-state index in [1.54, 1.807) is 35.5 Å². The normalized spacial score (nSPS) is 19.4. The Morgan fingerprint density at radius 3 is 2.20 bits per heavy atom. The predicted octanol–water partition coefficient (Wildman–Crippen LogP) is 3.48. The Morgan fingerprint density at radius 2 is 1.64 bits per heavy atom. The van der Waals surface area contributed by atoms with E-state index in [4.69, 9.17) is 28.4 Å². The van der Waals surface area contributed by atoms with Crippen LogP contribution in [0.25, 0.3) is 10.8 Å². The van der Waals surface area contributed by atoms with Gasteiger partial charge in [-0.1, -0.05) is 0 Å². The minimum absolute atomic E-state index is 0.000935. The fourth-order valence-electron chi connectivity index (χ4n) is 3.52. The summed E-state index contributed by atoms with van der Waals surface area (Å²) in [5.41, 5.74) is 1.86. The first-order chi connectivity index (χ1) is 12.1. The summed E-state index contributed by atoms with van der Waals surface area (Å²) in [7, 11) is 8.16. The lowest BCUT2D eigenvalue weighted by atomic mass is 9.91. The van der Waals surface area contributed by atoms with Crippen molar-refractivity contribution >= 4 is 10.8 Å². The molecule has 2 aromatic rings. The quantitative estimate of drug-likeness (QED) is 0.825. The van der Waals surface area contributed by atoms with Crippen LogP contribution in [0.2, 0.25) is 0 Å². The van der Waals surface area contributed by atoms with Crippen LogP contribution in [-0.4, -0.2) is 41.7 Å². The van der Waals surface area contributed by atoms with Gasteiger partial charge in [0.1, 0.15) is 23.0 Å². The minimum Gasteiger partial charge on any atom is -0.497 e. The summed E-state index contributed by atoms with van der Waals surface area (Å²) in [6, 6.07) is 3.76. The molecule has 0 saturated heterocycles. The molecule has 2 atom stereocenters. The summed E-state index contributed by atoms with van der Waals surface area (Å²) >= 11 is 0. The molecule has 6 nitrogen and oxygen atoms in total. The summed E-state index contributed by atoms with van der Waals surface area (Å²) in [6.07, 6.45) is 0.171. The molecule has 136 valence electrons. The van der Waals surface area contributed by atoms with E-state index in [-0.39, 0.29) is 6.10 Å². The predicted molar refractivity (Wildman–Crippen MR) is 94.2 cm³/mol. The molecule has 1 aliphatic heterocycles. The van der Waals surface area contributed by atoms with E-state index in [0.29, 0.717) is 23.7 Å². The van der Waals surface area contributed by atoms with Gasteiger partial charge in [-0.3, -0.25) is 0 Å². The SMILES string of the molecule is COc1cc(OC)c2c(OC)c3c(c(OC)c2c1)C[C@H](C)O[C@H]3OC. The number of fused-ring (bicyclic) bond motifs is 2. The first-order valence-electron chi connectivity index (χ1n) is 8.10. The molecular weight excluding hydrogens is 324 g/mol. The molecule has 0 aromatic heterocycles. The Labute approximate surface area is 147 Å². The summed E-state index contributed by atoms with van der Waals surface area (Å²) in [5, 5.41) is 1.68. The third-order valence-corrected chi connectivity index (χ3v) is 4.55. The zero-order chi connectivity index (χ0) is 18.1. The fourth-order valence-corrected chi connectivity index (χ4v) is 3.52. The van der Waals surface area contributed by atoms with E-state index in [1.165, 1.54) is 0 Å². The highest BCUT2D eigenvalue weighted by molar-refractivity contribution is 6.01. The average Bonchev–Trinajstić information content (AvgIpc) is 2.64. The van der Waals surface area contributed by atoms with Crippen LogP contribution < -0.4 is 18.9 Å². The highest BCUT2D eigenvalue weighted by Gasteiger charge is 2.34. The summed E-state index contributed by atoms with van der Waals surface area (Å²) in [6.45, 7) is 2.01. The van der Waals surface area contributed by atoms with Crippen LogP contribution in [-0.2, 0) is 15.9 Å². The number of benzene rings is 2. The lowest BCUT2D eigenvalue weighted by molar-refractivity contribution is -0.164. The van der Waals surface area contributed by atoms with Crippen LogP contribution in [0.15, 0.2) is 12.1 Å². The molecule has 3 rings (SSSR count). The highest BCUT2D eigenvalue weighted by Crippen LogP contribution is 2.51. The lowest BCUT2D eigenvalue weighted by Gasteiger charge is -2.33. The topological polar surface area (TPSA) is 55.4 Å². The summed E-state index contributed by atoms with van der Waals surface area (Å²) in [5.74, 6) is 2.76. The van der Waals surface area contributed by atoms with E-state index in [0.717, 1.165) is 27.6 Å². The van der Waals surface area contributed by atoms with Crippen molar-refractivity contribution in [1.29, 1.82) is 0 Å². The standard InChI is InChI=1S/C19H24O6/c1-10-7-12-16(19(24-6)25-10)18(23-5)15-13(17(12)22-4)8-11(20-2)9-14(15)21-3/h8-10,19H,7H2,1-6H3/t10-,19+/m0/s1. The van der Waals surface area contributed by atoms with Gasteiger partial charge in [-0.05, 0) is 13.0 Å². The Hall–Kier alpha value is -2.18. The number of ether oxygens (including phenoxy) is 6. The van der Waals surface area contributed by atoms with Gasteiger partial charge >= 0.3 is 0 Å². The van der Waals surface area contributed by atoms with Gasteiger partial charge < -0.3 is 28.4 Å². The van der Waals surface area contributed by atoms with Crippen molar-refractivity contribution < 1.29 is 28.4 Å². The van der Waals surface area contributed by atoms with E-state index >= 15 is 0 Å². The Morgan fingerprint density at radius 1 is 0.920 bits per heavy atom. The maximum Gasteiger partial charge on any atom is 0.187 e. The third kappa shape index (κ3) is 2.75. The molecule has 0 saturated carbocycles. The van der Waals surface area contributed by atoms with Gasteiger partial charge in [-0.2, -0.15) is 0 Å². The van der Waals surface area contributed by atoms with E-state index < -0.39 is 6.29 Å². The molecule has 1 aliphatic rings. The molecule has 0 spiro atoms. The van der Waals surface area contributed by atoms with Crippen LogP contribution in [0.4, 0.5) is 0 Å². The van der Waals surface area contributed by atoms with Crippen molar-refractivity contribution in [3.8, 4) is 23.0 Å². The second-order valence-corrected chi connectivity index (χ2v) is 5.93. The van der Waals surface area contributed by atoms with Crippen LogP contribution in [0.3, 0.4) is 0 Å². The van der Waals surface area contributed by atoms with Gasteiger partial charge in [-0.25, -0.2) is 0 Å². The monoisotopic (exact) mass is 348 g/mol. The fraction of sp³-hybridized carbons (Fsp3) is 0.474. The van der Waals surface area contributed by atoms with Crippen molar-refractivity contribution in [3.05, 3.63) is 23.3 Å².